The molecular formula is C17H27N. The molecule has 1 heteroatoms. The number of hydrogen-bond donors (Lipinski definition) is 1. The first kappa shape index (κ1) is 13.6. The van der Waals surface area contributed by atoms with Gasteiger partial charge in [0, 0.05) is 0 Å². The van der Waals surface area contributed by atoms with Crippen molar-refractivity contribution < 1.29 is 0 Å². The summed E-state index contributed by atoms with van der Waals surface area (Å²) < 4.78 is 0. The van der Waals surface area contributed by atoms with Crippen LogP contribution in [0.25, 0.3) is 0 Å². The van der Waals surface area contributed by atoms with Crippen molar-refractivity contribution in [1.82, 2.24) is 5.32 Å². The van der Waals surface area contributed by atoms with E-state index in [4.69, 9.17) is 0 Å². The van der Waals surface area contributed by atoms with Gasteiger partial charge in [0.1, 0.15) is 0 Å². The van der Waals surface area contributed by atoms with Crippen LogP contribution in [-0.2, 0) is 5.41 Å². The van der Waals surface area contributed by atoms with Gasteiger partial charge in [0.2, 0.25) is 0 Å². The summed E-state index contributed by atoms with van der Waals surface area (Å²) in [7, 11) is 0. The topological polar surface area (TPSA) is 12.0 Å². The van der Waals surface area contributed by atoms with Crippen LogP contribution in [0.15, 0.2) is 24.3 Å². The molecule has 1 aromatic rings. The lowest BCUT2D eigenvalue weighted by atomic mass is 9.71. The van der Waals surface area contributed by atoms with E-state index < -0.39 is 0 Å². The largest absolute Gasteiger partial charge is 0.317 e. The summed E-state index contributed by atoms with van der Waals surface area (Å²) in [6, 6.07) is 9.11. The summed E-state index contributed by atoms with van der Waals surface area (Å²) in [6.45, 7) is 9.14. The van der Waals surface area contributed by atoms with Gasteiger partial charge >= 0.3 is 0 Å². The molecule has 0 atom stereocenters. The van der Waals surface area contributed by atoms with Gasteiger partial charge in [-0.15, -0.1) is 0 Å². The van der Waals surface area contributed by atoms with Crippen LogP contribution in [-0.4, -0.2) is 13.1 Å². The average molecular weight is 245 g/mol. The van der Waals surface area contributed by atoms with Crippen LogP contribution in [0.1, 0.15) is 63.5 Å². The molecule has 0 bridgehead atoms. The minimum Gasteiger partial charge on any atom is -0.317 e. The Morgan fingerprint density at radius 3 is 2.56 bits per heavy atom. The lowest BCUT2D eigenvalue weighted by Gasteiger charge is -2.34. The predicted molar refractivity (Wildman–Crippen MR) is 79.2 cm³/mol. The zero-order chi connectivity index (χ0) is 13.0. The summed E-state index contributed by atoms with van der Waals surface area (Å²) in [6.07, 6.45) is 5.40. The molecule has 1 aliphatic carbocycles. The van der Waals surface area contributed by atoms with E-state index in [1.165, 1.54) is 25.7 Å². The monoisotopic (exact) mass is 245 g/mol. The van der Waals surface area contributed by atoms with E-state index in [1.54, 1.807) is 11.1 Å². The molecule has 1 saturated carbocycles. The zero-order valence-corrected chi connectivity index (χ0v) is 12.1. The molecule has 0 saturated heterocycles. The maximum Gasteiger partial charge on any atom is -0.00407 e. The predicted octanol–water partition coefficient (Wildman–Crippen LogP) is 4.23. The molecule has 0 unspecified atom stereocenters. The third-order valence-corrected chi connectivity index (χ3v) is 4.41. The molecule has 0 aliphatic heterocycles. The molecule has 1 fully saturated rings. The Morgan fingerprint density at radius 1 is 1.22 bits per heavy atom. The highest BCUT2D eigenvalue weighted by molar-refractivity contribution is 5.37. The maximum absolute atomic E-state index is 3.45. The first-order chi connectivity index (χ1) is 8.65. The second kappa shape index (κ2) is 5.88. The van der Waals surface area contributed by atoms with Crippen LogP contribution < -0.4 is 5.32 Å². The summed E-state index contributed by atoms with van der Waals surface area (Å²) in [5.74, 6) is 0.833. The van der Waals surface area contributed by atoms with Crippen LogP contribution in [0.4, 0.5) is 0 Å². The standard InChI is InChI=1S/C17H27N/c1-4-18-13-12-17(2,3)16-11-6-5-10-15(16)14-8-7-9-14/h5-6,10-11,14,18H,4,7-9,12-13H2,1-3H3. The molecule has 0 heterocycles. The molecule has 0 radical (unpaired) electrons. The van der Waals surface area contributed by atoms with Crippen LogP contribution in [0.5, 0.6) is 0 Å². The fraction of sp³-hybridized carbons (Fsp3) is 0.647. The van der Waals surface area contributed by atoms with E-state index in [9.17, 15) is 0 Å². The molecule has 100 valence electrons. The van der Waals surface area contributed by atoms with Gasteiger partial charge in [-0.05, 0) is 54.8 Å². The lowest BCUT2D eigenvalue weighted by Crippen LogP contribution is -2.27. The first-order valence-corrected chi connectivity index (χ1v) is 7.45. The van der Waals surface area contributed by atoms with Crippen molar-refractivity contribution in [2.24, 2.45) is 0 Å². The van der Waals surface area contributed by atoms with Crippen molar-refractivity contribution >= 4 is 0 Å². The Balaban J connectivity index is 2.14. The minimum atomic E-state index is 0.286. The Morgan fingerprint density at radius 2 is 1.94 bits per heavy atom. The third-order valence-electron chi connectivity index (χ3n) is 4.41. The SMILES string of the molecule is CCNCCC(C)(C)c1ccccc1C1CCC1. The van der Waals surface area contributed by atoms with E-state index in [1.807, 2.05) is 0 Å². The minimum absolute atomic E-state index is 0.286. The molecule has 0 spiro atoms. The number of benzene rings is 1. The van der Waals surface area contributed by atoms with Crippen LogP contribution in [0, 0.1) is 0 Å². The molecule has 1 aliphatic rings. The zero-order valence-electron chi connectivity index (χ0n) is 12.1. The number of hydrogen-bond acceptors (Lipinski definition) is 1. The average Bonchev–Trinajstić information content (AvgIpc) is 2.27. The van der Waals surface area contributed by atoms with E-state index in [-0.39, 0.29) is 5.41 Å². The molecule has 1 N–H and O–H groups in total. The van der Waals surface area contributed by atoms with Crippen molar-refractivity contribution in [3.63, 3.8) is 0 Å². The van der Waals surface area contributed by atoms with E-state index >= 15 is 0 Å². The molecule has 2 rings (SSSR count). The van der Waals surface area contributed by atoms with Gasteiger partial charge < -0.3 is 5.32 Å². The Kier molecular flexibility index (Phi) is 4.45. The van der Waals surface area contributed by atoms with Crippen molar-refractivity contribution in [2.75, 3.05) is 13.1 Å². The molecule has 0 aromatic heterocycles. The quantitative estimate of drug-likeness (QED) is 0.740. The fourth-order valence-electron chi connectivity index (χ4n) is 2.90. The number of rotatable bonds is 6. The fourth-order valence-corrected chi connectivity index (χ4v) is 2.90. The van der Waals surface area contributed by atoms with E-state index in [2.05, 4.69) is 50.4 Å². The van der Waals surface area contributed by atoms with Gasteiger partial charge in [0.05, 0.1) is 0 Å². The summed E-state index contributed by atoms with van der Waals surface area (Å²) in [4.78, 5) is 0. The van der Waals surface area contributed by atoms with Gasteiger partial charge in [-0.3, -0.25) is 0 Å². The van der Waals surface area contributed by atoms with Crippen molar-refractivity contribution in [2.45, 2.75) is 57.8 Å². The molecule has 0 amide bonds. The normalized spacial score (nSPS) is 16.6. The molecule has 1 aromatic carbocycles. The van der Waals surface area contributed by atoms with E-state index in [0.29, 0.717) is 0 Å². The van der Waals surface area contributed by atoms with Gasteiger partial charge in [-0.2, -0.15) is 0 Å². The van der Waals surface area contributed by atoms with Crippen LogP contribution in [0.2, 0.25) is 0 Å². The molecule has 18 heavy (non-hydrogen) atoms. The molecule has 1 nitrogen and oxygen atoms in total. The third kappa shape index (κ3) is 2.95. The lowest BCUT2D eigenvalue weighted by molar-refractivity contribution is 0.399. The number of nitrogens with one attached hydrogen (secondary N) is 1. The Bertz CT molecular complexity index is 377. The Hall–Kier alpha value is -0.820. The van der Waals surface area contributed by atoms with Crippen LogP contribution >= 0.6 is 0 Å². The first-order valence-electron chi connectivity index (χ1n) is 7.45. The highest BCUT2D eigenvalue weighted by Crippen LogP contribution is 2.41. The van der Waals surface area contributed by atoms with E-state index in [0.717, 1.165) is 19.0 Å². The summed E-state index contributed by atoms with van der Waals surface area (Å²) in [5.41, 5.74) is 3.48. The highest BCUT2D eigenvalue weighted by atomic mass is 14.8. The maximum atomic E-state index is 3.45. The second-order valence-corrected chi connectivity index (χ2v) is 6.20. The van der Waals surface area contributed by atoms with Crippen molar-refractivity contribution in [3.8, 4) is 0 Å². The summed E-state index contributed by atoms with van der Waals surface area (Å²) in [5, 5.41) is 3.45. The van der Waals surface area contributed by atoms with Crippen molar-refractivity contribution in [3.05, 3.63) is 35.4 Å². The smallest absolute Gasteiger partial charge is 0.00407 e. The van der Waals surface area contributed by atoms with Gasteiger partial charge in [0.25, 0.3) is 0 Å². The van der Waals surface area contributed by atoms with Gasteiger partial charge in [0.15, 0.2) is 0 Å². The van der Waals surface area contributed by atoms with Crippen molar-refractivity contribution in [1.29, 1.82) is 0 Å². The van der Waals surface area contributed by atoms with Gasteiger partial charge in [-0.25, -0.2) is 0 Å². The molecular weight excluding hydrogens is 218 g/mol. The Labute approximate surface area is 112 Å². The van der Waals surface area contributed by atoms with Crippen LogP contribution in [0.3, 0.4) is 0 Å². The highest BCUT2D eigenvalue weighted by Gasteiger charge is 2.28. The summed E-state index contributed by atoms with van der Waals surface area (Å²) >= 11 is 0. The second-order valence-electron chi connectivity index (χ2n) is 6.20. The van der Waals surface area contributed by atoms with Gasteiger partial charge in [-0.1, -0.05) is 51.5 Å².